The van der Waals surface area contributed by atoms with Gasteiger partial charge in [-0.25, -0.2) is 0 Å². The quantitative estimate of drug-likeness (QED) is 0.506. The molecular formula is C19H25NO3S2. The molecule has 1 aromatic rings. The monoisotopic (exact) mass is 379 g/mol. The van der Waals surface area contributed by atoms with Crippen LogP contribution in [0, 0.1) is 5.92 Å². The van der Waals surface area contributed by atoms with Gasteiger partial charge >= 0.3 is 0 Å². The summed E-state index contributed by atoms with van der Waals surface area (Å²) in [6.07, 6.45) is 2.84. The van der Waals surface area contributed by atoms with E-state index in [-0.39, 0.29) is 11.9 Å². The molecule has 0 saturated carbocycles. The minimum atomic E-state index is -0.0405. The summed E-state index contributed by atoms with van der Waals surface area (Å²) in [4.78, 5) is 14.8. The van der Waals surface area contributed by atoms with Crippen molar-refractivity contribution < 1.29 is 14.3 Å². The number of carbonyl (C=O) groups is 1. The lowest BCUT2D eigenvalue weighted by Crippen LogP contribution is -2.34. The number of carbonyl (C=O) groups excluding carboxylic acids is 1. The van der Waals surface area contributed by atoms with Crippen LogP contribution >= 0.6 is 24.0 Å². The summed E-state index contributed by atoms with van der Waals surface area (Å²) in [5.74, 6) is 1.93. The molecule has 4 nitrogen and oxygen atoms in total. The van der Waals surface area contributed by atoms with E-state index >= 15 is 0 Å². The minimum absolute atomic E-state index is 0.0405. The summed E-state index contributed by atoms with van der Waals surface area (Å²) in [5, 5.41) is 0. The molecule has 0 atom stereocenters. The zero-order valence-corrected chi connectivity index (χ0v) is 17.0. The molecular weight excluding hydrogens is 354 g/mol. The van der Waals surface area contributed by atoms with Crippen LogP contribution in [0.15, 0.2) is 23.1 Å². The van der Waals surface area contributed by atoms with Crippen molar-refractivity contribution in [1.82, 2.24) is 4.90 Å². The first-order valence-corrected chi connectivity index (χ1v) is 9.63. The van der Waals surface area contributed by atoms with Crippen molar-refractivity contribution in [2.75, 3.05) is 13.7 Å². The Hall–Kier alpha value is -1.53. The molecule has 0 aromatic heterocycles. The highest BCUT2D eigenvalue weighted by molar-refractivity contribution is 8.26. The highest BCUT2D eigenvalue weighted by Gasteiger charge is 2.33. The van der Waals surface area contributed by atoms with Gasteiger partial charge in [0.25, 0.3) is 5.91 Å². The zero-order chi connectivity index (χ0) is 18.6. The predicted molar refractivity (Wildman–Crippen MR) is 108 cm³/mol. The fraction of sp³-hybridized carbons (Fsp3) is 0.474. The Morgan fingerprint density at radius 3 is 2.52 bits per heavy atom. The maximum atomic E-state index is 12.5. The summed E-state index contributed by atoms with van der Waals surface area (Å²) in [6, 6.07) is 5.75. The number of amides is 1. The molecule has 2 rings (SSSR count). The summed E-state index contributed by atoms with van der Waals surface area (Å²) < 4.78 is 11.8. The third kappa shape index (κ3) is 4.98. The Kier molecular flexibility index (Phi) is 6.90. The largest absolute Gasteiger partial charge is 0.493 e. The van der Waals surface area contributed by atoms with Crippen molar-refractivity contribution in [2.45, 2.75) is 40.2 Å². The van der Waals surface area contributed by atoms with Crippen LogP contribution in [0.1, 0.15) is 39.7 Å². The molecule has 0 aliphatic carbocycles. The van der Waals surface area contributed by atoms with Crippen molar-refractivity contribution in [3.8, 4) is 11.5 Å². The number of benzene rings is 1. The van der Waals surface area contributed by atoms with Gasteiger partial charge in [0.2, 0.25) is 0 Å². The lowest BCUT2D eigenvalue weighted by molar-refractivity contribution is -0.123. The van der Waals surface area contributed by atoms with E-state index in [0.717, 1.165) is 17.7 Å². The summed E-state index contributed by atoms with van der Waals surface area (Å²) in [7, 11) is 1.62. The third-order valence-electron chi connectivity index (χ3n) is 3.78. The molecule has 1 fully saturated rings. The molecule has 1 amide bonds. The Morgan fingerprint density at radius 1 is 1.24 bits per heavy atom. The minimum Gasteiger partial charge on any atom is -0.493 e. The van der Waals surface area contributed by atoms with Gasteiger partial charge in [0.15, 0.2) is 11.5 Å². The predicted octanol–water partition coefficient (Wildman–Crippen LogP) is 4.73. The molecule has 0 unspecified atom stereocenters. The molecule has 0 N–H and O–H groups in total. The van der Waals surface area contributed by atoms with Crippen molar-refractivity contribution in [3.05, 3.63) is 28.7 Å². The maximum Gasteiger partial charge on any atom is 0.266 e. The molecule has 25 heavy (non-hydrogen) atoms. The first-order valence-electron chi connectivity index (χ1n) is 8.41. The number of nitrogens with zero attached hydrogens (tertiary/aromatic N) is 1. The normalized spacial score (nSPS) is 16.4. The summed E-state index contributed by atoms with van der Waals surface area (Å²) in [5.41, 5.74) is 0.886. The van der Waals surface area contributed by atoms with Crippen LogP contribution in [0.2, 0.25) is 0 Å². The number of ether oxygens (including phenoxy) is 2. The average molecular weight is 380 g/mol. The van der Waals surface area contributed by atoms with Crippen molar-refractivity contribution >= 4 is 40.3 Å². The molecule has 0 spiro atoms. The topological polar surface area (TPSA) is 38.8 Å². The third-order valence-corrected chi connectivity index (χ3v) is 5.11. The van der Waals surface area contributed by atoms with Gasteiger partial charge in [0.05, 0.1) is 18.6 Å². The fourth-order valence-corrected chi connectivity index (χ4v) is 3.90. The van der Waals surface area contributed by atoms with E-state index in [1.54, 1.807) is 12.0 Å². The molecule has 136 valence electrons. The fourth-order valence-electron chi connectivity index (χ4n) is 2.37. The van der Waals surface area contributed by atoms with E-state index < -0.39 is 0 Å². The van der Waals surface area contributed by atoms with Gasteiger partial charge in [-0.1, -0.05) is 43.9 Å². The van der Waals surface area contributed by atoms with Gasteiger partial charge in [0.1, 0.15) is 4.32 Å². The van der Waals surface area contributed by atoms with Crippen LogP contribution in [-0.2, 0) is 4.79 Å². The zero-order valence-electron chi connectivity index (χ0n) is 15.4. The average Bonchev–Trinajstić information content (AvgIpc) is 2.82. The number of hydrogen-bond acceptors (Lipinski definition) is 5. The Bertz CT molecular complexity index is 683. The molecule has 0 bridgehead atoms. The van der Waals surface area contributed by atoms with Crippen LogP contribution in [0.5, 0.6) is 11.5 Å². The number of hydrogen-bond donors (Lipinski definition) is 0. The smallest absolute Gasteiger partial charge is 0.266 e. The Morgan fingerprint density at radius 2 is 1.96 bits per heavy atom. The molecule has 1 aromatic carbocycles. The van der Waals surface area contributed by atoms with E-state index in [2.05, 4.69) is 13.8 Å². The second kappa shape index (κ2) is 8.72. The molecule has 1 saturated heterocycles. The lowest BCUT2D eigenvalue weighted by atomic mass is 10.1. The maximum absolute atomic E-state index is 12.5. The van der Waals surface area contributed by atoms with Crippen LogP contribution in [-0.4, -0.2) is 34.9 Å². The first-order chi connectivity index (χ1) is 11.8. The van der Waals surface area contributed by atoms with E-state index in [1.165, 1.54) is 11.8 Å². The van der Waals surface area contributed by atoms with Crippen LogP contribution < -0.4 is 9.47 Å². The first kappa shape index (κ1) is 19.8. The number of thiocarbonyl (C=S) groups is 1. The second-order valence-corrected chi connectivity index (χ2v) is 8.26. The van der Waals surface area contributed by atoms with Crippen molar-refractivity contribution in [2.24, 2.45) is 5.92 Å². The van der Waals surface area contributed by atoms with Gasteiger partial charge in [0, 0.05) is 6.04 Å². The van der Waals surface area contributed by atoms with Crippen LogP contribution in [0.25, 0.3) is 6.08 Å². The second-order valence-electron chi connectivity index (χ2n) is 6.59. The van der Waals surface area contributed by atoms with E-state index in [1.807, 2.05) is 38.1 Å². The van der Waals surface area contributed by atoms with Gasteiger partial charge in [-0.15, -0.1) is 0 Å². The Labute approximate surface area is 159 Å². The number of methoxy groups -OCH3 is 1. The molecule has 1 aliphatic heterocycles. The van der Waals surface area contributed by atoms with E-state index in [4.69, 9.17) is 21.7 Å². The molecule has 0 radical (unpaired) electrons. The number of rotatable bonds is 7. The lowest BCUT2D eigenvalue weighted by Gasteiger charge is -2.18. The highest BCUT2D eigenvalue weighted by atomic mass is 32.2. The van der Waals surface area contributed by atoms with Crippen molar-refractivity contribution in [1.29, 1.82) is 0 Å². The van der Waals surface area contributed by atoms with Crippen LogP contribution in [0.3, 0.4) is 0 Å². The van der Waals surface area contributed by atoms with E-state index in [9.17, 15) is 4.79 Å². The Balaban J connectivity index is 2.18. The van der Waals surface area contributed by atoms with Crippen molar-refractivity contribution in [3.63, 3.8) is 0 Å². The van der Waals surface area contributed by atoms with Gasteiger partial charge in [-0.05, 0) is 50.0 Å². The van der Waals surface area contributed by atoms with E-state index in [0.29, 0.717) is 27.5 Å². The van der Waals surface area contributed by atoms with Gasteiger partial charge in [-0.3, -0.25) is 9.69 Å². The summed E-state index contributed by atoms with van der Waals surface area (Å²) >= 11 is 6.64. The van der Waals surface area contributed by atoms with Crippen LogP contribution in [0.4, 0.5) is 0 Å². The molecule has 1 aliphatic rings. The SMILES string of the molecule is COc1cc(/C=C2\SC(=S)N(C(C)C)C2=O)ccc1OCCC(C)C. The van der Waals surface area contributed by atoms with Gasteiger partial charge < -0.3 is 9.47 Å². The summed E-state index contributed by atoms with van der Waals surface area (Å²) in [6.45, 7) is 8.90. The molecule has 6 heteroatoms. The highest BCUT2D eigenvalue weighted by Crippen LogP contribution is 2.35. The van der Waals surface area contributed by atoms with Gasteiger partial charge in [-0.2, -0.15) is 0 Å². The number of thioether (sulfide) groups is 1. The molecule has 1 heterocycles. The standard InChI is InChI=1S/C19H25NO3S2/c1-12(2)8-9-23-15-7-6-14(10-16(15)22-5)11-17-18(21)20(13(3)4)19(24)25-17/h6-7,10-13H,8-9H2,1-5H3/b17-11-.